The lowest BCUT2D eigenvalue weighted by molar-refractivity contribution is 0.744. The number of benzene rings is 1. The van der Waals surface area contributed by atoms with Gasteiger partial charge in [0.1, 0.15) is 5.69 Å². The van der Waals surface area contributed by atoms with Crippen LogP contribution in [0.1, 0.15) is 12.0 Å². The SMILES string of the molecule is CN1CCCc2cc(N=O)ccc21.Cl. The van der Waals surface area contributed by atoms with Crippen LogP contribution in [0.25, 0.3) is 0 Å². The van der Waals surface area contributed by atoms with E-state index in [1.165, 1.54) is 11.3 Å². The lowest BCUT2D eigenvalue weighted by Gasteiger charge is -2.27. The second-order valence-corrected chi connectivity index (χ2v) is 3.43. The van der Waals surface area contributed by atoms with Crippen molar-refractivity contribution in [3.63, 3.8) is 0 Å². The molecule has 1 aliphatic rings. The Balaban J connectivity index is 0.000000980. The zero-order chi connectivity index (χ0) is 9.26. The number of fused-ring (bicyclic) bond motifs is 1. The fraction of sp³-hybridized carbons (Fsp3) is 0.400. The van der Waals surface area contributed by atoms with Crippen molar-refractivity contribution >= 4 is 23.8 Å². The summed E-state index contributed by atoms with van der Waals surface area (Å²) in [5.41, 5.74) is 3.01. The first-order valence-electron chi connectivity index (χ1n) is 4.48. The molecule has 0 radical (unpaired) electrons. The minimum atomic E-state index is 0. The topological polar surface area (TPSA) is 32.7 Å². The summed E-state index contributed by atoms with van der Waals surface area (Å²) in [6.07, 6.45) is 2.22. The van der Waals surface area contributed by atoms with Gasteiger partial charge < -0.3 is 4.90 Å². The Labute approximate surface area is 89.5 Å². The van der Waals surface area contributed by atoms with E-state index in [-0.39, 0.29) is 12.4 Å². The zero-order valence-electron chi connectivity index (χ0n) is 8.06. The second kappa shape index (κ2) is 4.42. The van der Waals surface area contributed by atoms with E-state index in [1.807, 2.05) is 12.1 Å². The average molecular weight is 213 g/mol. The Bertz CT molecular complexity index is 341. The first kappa shape index (κ1) is 11.0. The molecular weight excluding hydrogens is 200 g/mol. The number of hydrogen-bond acceptors (Lipinski definition) is 3. The highest BCUT2D eigenvalue weighted by Crippen LogP contribution is 2.29. The van der Waals surface area contributed by atoms with Gasteiger partial charge in [-0.15, -0.1) is 17.3 Å². The van der Waals surface area contributed by atoms with Gasteiger partial charge in [-0.25, -0.2) is 0 Å². The van der Waals surface area contributed by atoms with E-state index in [9.17, 15) is 4.91 Å². The molecule has 1 aliphatic heterocycles. The van der Waals surface area contributed by atoms with Gasteiger partial charge in [-0.3, -0.25) is 0 Å². The van der Waals surface area contributed by atoms with Gasteiger partial charge in [0, 0.05) is 19.3 Å². The molecule has 0 amide bonds. The van der Waals surface area contributed by atoms with Crippen LogP contribution in [0.4, 0.5) is 11.4 Å². The van der Waals surface area contributed by atoms with Crippen molar-refractivity contribution in [1.82, 2.24) is 0 Å². The van der Waals surface area contributed by atoms with E-state index in [1.54, 1.807) is 6.07 Å². The van der Waals surface area contributed by atoms with Crippen molar-refractivity contribution in [2.75, 3.05) is 18.5 Å². The van der Waals surface area contributed by atoms with Crippen molar-refractivity contribution in [3.05, 3.63) is 28.7 Å². The van der Waals surface area contributed by atoms with Crippen molar-refractivity contribution < 1.29 is 0 Å². The van der Waals surface area contributed by atoms with E-state index in [2.05, 4.69) is 17.1 Å². The summed E-state index contributed by atoms with van der Waals surface area (Å²) in [4.78, 5) is 12.5. The Morgan fingerprint density at radius 1 is 1.43 bits per heavy atom. The third kappa shape index (κ3) is 1.87. The minimum Gasteiger partial charge on any atom is -0.374 e. The van der Waals surface area contributed by atoms with Crippen LogP contribution in [0, 0.1) is 4.91 Å². The molecular formula is C10H13ClN2O. The molecule has 1 aromatic carbocycles. The van der Waals surface area contributed by atoms with Crippen LogP contribution in [-0.4, -0.2) is 13.6 Å². The summed E-state index contributed by atoms with van der Waals surface area (Å²) >= 11 is 0. The summed E-state index contributed by atoms with van der Waals surface area (Å²) in [7, 11) is 2.08. The molecule has 0 unspecified atom stereocenters. The number of halogens is 1. The molecule has 76 valence electrons. The van der Waals surface area contributed by atoms with Gasteiger partial charge in [-0.05, 0) is 41.8 Å². The largest absolute Gasteiger partial charge is 0.374 e. The van der Waals surface area contributed by atoms with Gasteiger partial charge in [0.05, 0.1) is 0 Å². The van der Waals surface area contributed by atoms with Gasteiger partial charge in [-0.2, -0.15) is 0 Å². The van der Waals surface area contributed by atoms with Gasteiger partial charge in [0.25, 0.3) is 0 Å². The molecule has 1 aromatic rings. The third-order valence-electron chi connectivity index (χ3n) is 2.52. The monoisotopic (exact) mass is 212 g/mol. The Kier molecular flexibility index (Phi) is 3.47. The lowest BCUT2D eigenvalue weighted by Crippen LogP contribution is -2.24. The van der Waals surface area contributed by atoms with Crippen LogP contribution in [0.3, 0.4) is 0 Å². The van der Waals surface area contributed by atoms with Gasteiger partial charge >= 0.3 is 0 Å². The molecule has 14 heavy (non-hydrogen) atoms. The van der Waals surface area contributed by atoms with E-state index < -0.39 is 0 Å². The quantitative estimate of drug-likeness (QED) is 0.671. The van der Waals surface area contributed by atoms with Crippen molar-refractivity contribution in [1.29, 1.82) is 0 Å². The standard InChI is InChI=1S/C10H12N2O.ClH/c1-12-6-2-3-8-7-9(11-13)4-5-10(8)12;/h4-5,7H,2-3,6H2,1H3;1H. The van der Waals surface area contributed by atoms with E-state index >= 15 is 0 Å². The predicted molar refractivity (Wildman–Crippen MR) is 60.7 cm³/mol. The molecule has 0 aliphatic carbocycles. The van der Waals surface area contributed by atoms with E-state index in [0.717, 1.165) is 19.4 Å². The predicted octanol–water partition coefficient (Wildman–Crippen LogP) is 2.89. The second-order valence-electron chi connectivity index (χ2n) is 3.43. The summed E-state index contributed by atoms with van der Waals surface area (Å²) in [6, 6.07) is 5.64. The smallest absolute Gasteiger partial charge is 0.108 e. The van der Waals surface area contributed by atoms with Crippen LogP contribution >= 0.6 is 12.4 Å². The number of nitroso groups, excluding NO2 is 1. The number of hydrogen-bond donors (Lipinski definition) is 0. The fourth-order valence-electron chi connectivity index (χ4n) is 1.83. The molecule has 0 saturated heterocycles. The van der Waals surface area contributed by atoms with Crippen molar-refractivity contribution in [2.24, 2.45) is 5.18 Å². The summed E-state index contributed by atoms with van der Waals surface area (Å²) in [5.74, 6) is 0. The van der Waals surface area contributed by atoms with Crippen LogP contribution < -0.4 is 4.90 Å². The van der Waals surface area contributed by atoms with Crippen LogP contribution in [-0.2, 0) is 6.42 Å². The van der Waals surface area contributed by atoms with Crippen LogP contribution in [0.2, 0.25) is 0 Å². The Hall–Kier alpha value is -1.09. The molecule has 0 aromatic heterocycles. The summed E-state index contributed by atoms with van der Waals surface area (Å²) < 4.78 is 0. The molecule has 0 fully saturated rings. The van der Waals surface area contributed by atoms with Crippen LogP contribution in [0.15, 0.2) is 23.4 Å². The van der Waals surface area contributed by atoms with Gasteiger partial charge in [-0.1, -0.05) is 0 Å². The summed E-state index contributed by atoms with van der Waals surface area (Å²) in [6.45, 7) is 1.10. The highest BCUT2D eigenvalue weighted by atomic mass is 35.5. The van der Waals surface area contributed by atoms with Crippen molar-refractivity contribution in [2.45, 2.75) is 12.8 Å². The number of nitrogens with zero attached hydrogens (tertiary/aromatic N) is 2. The fourth-order valence-corrected chi connectivity index (χ4v) is 1.83. The molecule has 4 heteroatoms. The molecule has 1 heterocycles. The molecule has 0 N–H and O–H groups in total. The zero-order valence-corrected chi connectivity index (χ0v) is 8.88. The van der Waals surface area contributed by atoms with Gasteiger partial charge in [0.15, 0.2) is 0 Å². The molecule has 0 saturated carbocycles. The maximum Gasteiger partial charge on any atom is 0.108 e. The highest BCUT2D eigenvalue weighted by molar-refractivity contribution is 5.85. The minimum absolute atomic E-state index is 0. The molecule has 0 atom stereocenters. The number of rotatable bonds is 1. The molecule has 0 spiro atoms. The maximum absolute atomic E-state index is 10.3. The molecule has 2 rings (SSSR count). The highest BCUT2D eigenvalue weighted by Gasteiger charge is 2.13. The molecule has 0 bridgehead atoms. The first-order chi connectivity index (χ1) is 6.31. The number of anilines is 1. The Morgan fingerprint density at radius 3 is 2.93 bits per heavy atom. The lowest BCUT2D eigenvalue weighted by atomic mass is 10.0. The third-order valence-corrected chi connectivity index (χ3v) is 2.52. The normalized spacial score (nSPS) is 14.2. The number of aryl methyl sites for hydroxylation is 1. The van der Waals surface area contributed by atoms with E-state index in [4.69, 9.17) is 0 Å². The average Bonchev–Trinajstić information content (AvgIpc) is 2.18. The van der Waals surface area contributed by atoms with E-state index in [0.29, 0.717) is 5.69 Å². The van der Waals surface area contributed by atoms with Crippen LogP contribution in [0.5, 0.6) is 0 Å². The maximum atomic E-state index is 10.3. The molecule has 3 nitrogen and oxygen atoms in total. The summed E-state index contributed by atoms with van der Waals surface area (Å²) in [5, 5.41) is 2.94. The first-order valence-corrected chi connectivity index (χ1v) is 4.48. The van der Waals surface area contributed by atoms with Gasteiger partial charge in [0.2, 0.25) is 0 Å². The van der Waals surface area contributed by atoms with Crippen molar-refractivity contribution in [3.8, 4) is 0 Å². The Morgan fingerprint density at radius 2 is 2.21 bits per heavy atom.